The normalized spacial score (nSPS) is 12.4. The van der Waals surface area contributed by atoms with Gasteiger partial charge < -0.3 is 9.73 Å². The Kier molecular flexibility index (Phi) is 5.78. The highest BCUT2D eigenvalue weighted by Gasteiger charge is 2.37. The van der Waals surface area contributed by atoms with Gasteiger partial charge in [-0.15, -0.1) is 5.10 Å². The zero-order chi connectivity index (χ0) is 21.2. The van der Waals surface area contributed by atoms with Crippen LogP contribution in [0.3, 0.4) is 0 Å². The van der Waals surface area contributed by atoms with Gasteiger partial charge in [-0.05, 0) is 69.6 Å². The number of carbonyl (C=O) groups is 2. The van der Waals surface area contributed by atoms with Crippen molar-refractivity contribution in [3.8, 4) is 0 Å². The number of anilines is 1. The molecule has 3 aromatic rings. The molecule has 2 amide bonds. The van der Waals surface area contributed by atoms with Crippen molar-refractivity contribution in [2.75, 3.05) is 4.90 Å². The molecule has 1 aromatic carbocycles. The molecule has 0 unspecified atom stereocenters. The van der Waals surface area contributed by atoms with Gasteiger partial charge in [0.1, 0.15) is 17.3 Å². The molecular weight excluding hydrogens is 395 g/mol. The maximum absolute atomic E-state index is 14.0. The Bertz CT molecular complexity index is 1010. The number of rotatable bonds is 5. The van der Waals surface area contributed by atoms with Crippen LogP contribution in [-0.2, 0) is 4.79 Å². The number of hydrogen-bond donors (Lipinski definition) is 1. The first-order chi connectivity index (χ1) is 13.7. The molecule has 152 valence electrons. The lowest BCUT2D eigenvalue weighted by Gasteiger charge is -2.32. The van der Waals surface area contributed by atoms with Crippen LogP contribution in [0.2, 0.25) is 0 Å². The van der Waals surface area contributed by atoms with E-state index in [2.05, 4.69) is 14.9 Å². The summed E-state index contributed by atoms with van der Waals surface area (Å²) in [7, 11) is 0. The highest BCUT2D eigenvalue weighted by atomic mass is 32.1. The molecule has 2 heterocycles. The molecule has 0 fully saturated rings. The number of benzene rings is 1. The largest absolute Gasteiger partial charge is 0.464 e. The summed E-state index contributed by atoms with van der Waals surface area (Å²) in [5.41, 5.74) is -0.308. The minimum Gasteiger partial charge on any atom is -0.464 e. The Hall–Kier alpha value is -3.07. The van der Waals surface area contributed by atoms with Crippen molar-refractivity contribution in [3.63, 3.8) is 0 Å². The van der Waals surface area contributed by atoms with E-state index in [1.807, 2.05) is 20.8 Å². The fraction of sp³-hybridized carbons (Fsp3) is 0.300. The second-order valence-corrected chi connectivity index (χ2v) is 8.15. The number of carbonyl (C=O) groups excluding carboxylic acids is 2. The predicted octanol–water partition coefficient (Wildman–Crippen LogP) is 3.88. The molecule has 29 heavy (non-hydrogen) atoms. The Morgan fingerprint density at radius 2 is 2.00 bits per heavy atom. The summed E-state index contributed by atoms with van der Waals surface area (Å²) in [6.07, 6.45) is 0. The smallest absolute Gasteiger partial charge is 0.280 e. The minimum atomic E-state index is -1.17. The van der Waals surface area contributed by atoms with Gasteiger partial charge in [-0.1, -0.05) is 10.6 Å². The Morgan fingerprint density at radius 3 is 2.55 bits per heavy atom. The van der Waals surface area contributed by atoms with Crippen LogP contribution >= 0.6 is 11.5 Å². The summed E-state index contributed by atoms with van der Waals surface area (Å²) in [4.78, 5) is 27.7. The number of aryl methyl sites for hydroxylation is 1. The number of hydrogen-bond acceptors (Lipinski definition) is 6. The van der Waals surface area contributed by atoms with Crippen molar-refractivity contribution in [1.82, 2.24) is 14.9 Å². The second kappa shape index (κ2) is 8.12. The standard InChI is InChI=1S/C20H21FN4O3S/c1-12-8-9-16(28-12)17(18(26)22-20(2,3)4)25(14-7-5-6-13(21)10-14)19(27)15-11-29-24-23-15/h5-11,17H,1-4H3,(H,22,26)/t17-/m0/s1. The van der Waals surface area contributed by atoms with Crippen molar-refractivity contribution >= 4 is 29.0 Å². The lowest BCUT2D eigenvalue weighted by atomic mass is 10.1. The first-order valence-corrected chi connectivity index (χ1v) is 9.74. The molecule has 1 atom stereocenters. The summed E-state index contributed by atoms with van der Waals surface area (Å²) in [5.74, 6) is -0.761. The first-order valence-electron chi connectivity index (χ1n) is 8.90. The molecule has 7 nitrogen and oxygen atoms in total. The summed E-state index contributed by atoms with van der Waals surface area (Å²) >= 11 is 1.01. The molecule has 9 heteroatoms. The average Bonchev–Trinajstić information content (AvgIpc) is 3.29. The number of nitrogens with zero attached hydrogens (tertiary/aromatic N) is 3. The van der Waals surface area contributed by atoms with E-state index >= 15 is 0 Å². The zero-order valence-corrected chi connectivity index (χ0v) is 17.3. The van der Waals surface area contributed by atoms with Gasteiger partial charge in [-0.3, -0.25) is 14.5 Å². The van der Waals surface area contributed by atoms with E-state index < -0.39 is 29.2 Å². The third kappa shape index (κ3) is 4.86. The quantitative estimate of drug-likeness (QED) is 0.682. The minimum absolute atomic E-state index is 0.0519. The van der Waals surface area contributed by atoms with Crippen LogP contribution in [-0.4, -0.2) is 26.9 Å². The molecule has 2 aromatic heterocycles. The Balaban J connectivity index is 2.16. The fourth-order valence-corrected chi connectivity index (χ4v) is 3.23. The van der Waals surface area contributed by atoms with Crippen LogP contribution in [0.1, 0.15) is 48.8 Å². The summed E-state index contributed by atoms with van der Waals surface area (Å²) in [6, 6.07) is 7.62. The lowest BCUT2D eigenvalue weighted by molar-refractivity contribution is -0.124. The average molecular weight is 416 g/mol. The molecule has 0 bridgehead atoms. The topological polar surface area (TPSA) is 88.3 Å². The molecule has 0 aliphatic heterocycles. The van der Waals surface area contributed by atoms with Crippen LogP contribution in [0, 0.1) is 12.7 Å². The van der Waals surface area contributed by atoms with Gasteiger partial charge in [0.25, 0.3) is 11.8 Å². The van der Waals surface area contributed by atoms with E-state index in [1.165, 1.54) is 28.5 Å². The molecule has 0 aliphatic rings. The van der Waals surface area contributed by atoms with E-state index in [4.69, 9.17) is 4.42 Å². The van der Waals surface area contributed by atoms with Crippen LogP contribution in [0.15, 0.2) is 46.2 Å². The molecule has 0 saturated carbocycles. The van der Waals surface area contributed by atoms with E-state index in [9.17, 15) is 14.0 Å². The van der Waals surface area contributed by atoms with Crippen molar-refractivity contribution in [1.29, 1.82) is 0 Å². The monoisotopic (exact) mass is 416 g/mol. The van der Waals surface area contributed by atoms with Gasteiger partial charge in [0.05, 0.1) is 0 Å². The van der Waals surface area contributed by atoms with Gasteiger partial charge in [-0.2, -0.15) is 0 Å². The molecule has 0 radical (unpaired) electrons. The maximum Gasteiger partial charge on any atom is 0.280 e. The van der Waals surface area contributed by atoms with Gasteiger partial charge >= 0.3 is 0 Å². The van der Waals surface area contributed by atoms with Gasteiger partial charge in [0.2, 0.25) is 0 Å². The molecule has 1 N–H and O–H groups in total. The van der Waals surface area contributed by atoms with Crippen molar-refractivity contribution in [3.05, 3.63) is 64.8 Å². The summed E-state index contributed by atoms with van der Waals surface area (Å²) in [5, 5.41) is 8.17. The zero-order valence-electron chi connectivity index (χ0n) is 16.5. The fourth-order valence-electron chi connectivity index (χ4n) is 2.80. The molecule has 3 rings (SSSR count). The van der Waals surface area contributed by atoms with Crippen molar-refractivity contribution in [2.45, 2.75) is 39.3 Å². The lowest BCUT2D eigenvalue weighted by Crippen LogP contribution is -2.49. The van der Waals surface area contributed by atoms with Crippen LogP contribution in [0.25, 0.3) is 0 Å². The molecular formula is C20H21FN4O3S. The van der Waals surface area contributed by atoms with Crippen LogP contribution < -0.4 is 10.2 Å². The molecule has 0 spiro atoms. The number of furan rings is 1. The summed E-state index contributed by atoms with van der Waals surface area (Å²) in [6.45, 7) is 7.22. The highest BCUT2D eigenvalue weighted by Crippen LogP contribution is 2.31. The van der Waals surface area contributed by atoms with Gasteiger partial charge in [0.15, 0.2) is 11.7 Å². The number of halogens is 1. The Labute approximate surface area is 171 Å². The Morgan fingerprint density at radius 1 is 1.24 bits per heavy atom. The van der Waals surface area contributed by atoms with E-state index in [-0.39, 0.29) is 17.1 Å². The van der Waals surface area contributed by atoms with E-state index in [0.717, 1.165) is 11.5 Å². The van der Waals surface area contributed by atoms with E-state index in [0.29, 0.717) is 5.76 Å². The first kappa shape index (κ1) is 20.7. The highest BCUT2D eigenvalue weighted by molar-refractivity contribution is 7.03. The second-order valence-electron chi connectivity index (χ2n) is 7.54. The van der Waals surface area contributed by atoms with Crippen molar-refractivity contribution < 1.29 is 18.4 Å². The summed E-state index contributed by atoms with van der Waals surface area (Å²) < 4.78 is 23.4. The maximum atomic E-state index is 14.0. The SMILES string of the molecule is Cc1ccc([C@@H](C(=O)NC(C)(C)C)N(C(=O)c2csnn2)c2cccc(F)c2)o1. The van der Waals surface area contributed by atoms with Crippen LogP contribution in [0.5, 0.6) is 0 Å². The van der Waals surface area contributed by atoms with Crippen molar-refractivity contribution in [2.24, 2.45) is 0 Å². The third-order valence-corrected chi connectivity index (χ3v) is 4.42. The molecule has 0 aliphatic carbocycles. The van der Waals surface area contributed by atoms with Gasteiger partial charge in [-0.25, -0.2) is 4.39 Å². The van der Waals surface area contributed by atoms with Gasteiger partial charge in [0, 0.05) is 16.6 Å². The number of amides is 2. The van der Waals surface area contributed by atoms with E-state index in [1.54, 1.807) is 25.1 Å². The molecule has 0 saturated heterocycles. The number of aromatic nitrogens is 2. The third-order valence-electron chi connectivity index (χ3n) is 3.92. The van der Waals surface area contributed by atoms with Crippen LogP contribution in [0.4, 0.5) is 10.1 Å². The predicted molar refractivity (Wildman–Crippen MR) is 107 cm³/mol. The number of nitrogens with one attached hydrogen (secondary N) is 1.